The first kappa shape index (κ1) is 16.6. The van der Waals surface area contributed by atoms with Crippen molar-refractivity contribution in [3.63, 3.8) is 0 Å². The number of pyridine rings is 1. The lowest BCUT2D eigenvalue weighted by atomic mass is 10.2. The molecule has 1 aromatic carbocycles. The van der Waals surface area contributed by atoms with Crippen LogP contribution >= 0.6 is 0 Å². The third-order valence-electron chi connectivity index (χ3n) is 3.20. The predicted octanol–water partition coefficient (Wildman–Crippen LogP) is 1.81. The van der Waals surface area contributed by atoms with Gasteiger partial charge in [-0.25, -0.2) is 21.8 Å². The number of nitrogens with zero attached hydrogens (tertiary/aromatic N) is 1. The molecule has 0 radical (unpaired) electrons. The van der Waals surface area contributed by atoms with Crippen LogP contribution in [0.4, 0.5) is 0 Å². The number of rotatable bonds is 5. The van der Waals surface area contributed by atoms with Gasteiger partial charge in [-0.2, -0.15) is 0 Å². The summed E-state index contributed by atoms with van der Waals surface area (Å²) in [6, 6.07) is 9.60. The molecule has 7 heteroatoms. The molecule has 0 bridgehead atoms. The lowest BCUT2D eigenvalue weighted by Gasteiger charge is -2.06. The number of hydrogen-bond acceptors (Lipinski definition) is 5. The molecule has 0 N–H and O–H groups in total. The predicted molar refractivity (Wildman–Crippen MR) is 84.3 cm³/mol. The van der Waals surface area contributed by atoms with Gasteiger partial charge in [0.05, 0.1) is 10.6 Å². The quantitative estimate of drug-likeness (QED) is 0.830. The maximum absolute atomic E-state index is 12.3. The van der Waals surface area contributed by atoms with Crippen molar-refractivity contribution in [2.75, 3.05) is 12.0 Å². The Hall–Kier alpha value is -1.73. The molecule has 0 saturated carbocycles. The van der Waals surface area contributed by atoms with Crippen molar-refractivity contribution in [3.8, 4) is 0 Å². The van der Waals surface area contributed by atoms with Crippen LogP contribution in [0.2, 0.25) is 0 Å². The highest BCUT2D eigenvalue weighted by atomic mass is 32.2. The molecule has 0 unspecified atom stereocenters. The molecule has 0 amide bonds. The van der Waals surface area contributed by atoms with E-state index in [1.807, 2.05) is 0 Å². The van der Waals surface area contributed by atoms with Gasteiger partial charge < -0.3 is 0 Å². The monoisotopic (exact) mass is 339 g/mol. The smallest absolute Gasteiger partial charge is 0.195 e. The van der Waals surface area contributed by atoms with Gasteiger partial charge in [0.2, 0.25) is 0 Å². The van der Waals surface area contributed by atoms with Gasteiger partial charge in [0.15, 0.2) is 24.7 Å². The fourth-order valence-corrected chi connectivity index (χ4v) is 3.96. The van der Waals surface area contributed by atoms with E-state index in [-0.39, 0.29) is 22.1 Å². The summed E-state index contributed by atoms with van der Waals surface area (Å²) in [5.74, 6) is -0.114. The van der Waals surface area contributed by atoms with Crippen molar-refractivity contribution in [1.29, 1.82) is 0 Å². The van der Waals surface area contributed by atoms with Crippen LogP contribution in [0.3, 0.4) is 0 Å². The molecule has 0 atom stereocenters. The molecule has 0 aliphatic rings. The van der Waals surface area contributed by atoms with Crippen LogP contribution in [0, 0.1) is 6.92 Å². The van der Waals surface area contributed by atoms with Crippen LogP contribution in [0.15, 0.2) is 52.5 Å². The van der Waals surface area contributed by atoms with Gasteiger partial charge in [-0.05, 0) is 48.7 Å². The first-order chi connectivity index (χ1) is 10.2. The average Bonchev–Trinajstić information content (AvgIpc) is 2.45. The van der Waals surface area contributed by atoms with Gasteiger partial charge in [0, 0.05) is 12.5 Å². The number of benzene rings is 1. The van der Waals surface area contributed by atoms with Gasteiger partial charge in [-0.3, -0.25) is 0 Å². The second-order valence-electron chi connectivity index (χ2n) is 5.16. The fourth-order valence-electron chi connectivity index (χ4n) is 1.97. The number of aromatic nitrogens is 1. The number of hydrogen-bond donors (Lipinski definition) is 0. The maximum Gasteiger partial charge on any atom is 0.195 e. The van der Waals surface area contributed by atoms with E-state index in [4.69, 9.17) is 0 Å². The van der Waals surface area contributed by atoms with E-state index in [1.165, 1.54) is 24.4 Å². The fraction of sp³-hybridized carbons (Fsp3) is 0.267. The van der Waals surface area contributed by atoms with Crippen LogP contribution in [-0.2, 0) is 26.1 Å². The van der Waals surface area contributed by atoms with Crippen molar-refractivity contribution >= 4 is 19.7 Å². The summed E-state index contributed by atoms with van der Waals surface area (Å²) in [6.07, 6.45) is 2.83. The highest BCUT2D eigenvalue weighted by Crippen LogP contribution is 2.15. The van der Waals surface area contributed by atoms with Gasteiger partial charge >= 0.3 is 0 Å². The number of sulfone groups is 2. The van der Waals surface area contributed by atoms with E-state index in [9.17, 15) is 16.8 Å². The highest BCUT2D eigenvalue weighted by molar-refractivity contribution is 7.91. The Morgan fingerprint density at radius 1 is 1.05 bits per heavy atom. The van der Waals surface area contributed by atoms with Gasteiger partial charge in [0.25, 0.3) is 0 Å². The van der Waals surface area contributed by atoms with Crippen LogP contribution in [0.1, 0.15) is 11.1 Å². The topological polar surface area (TPSA) is 81.2 Å². The van der Waals surface area contributed by atoms with Crippen LogP contribution in [-0.4, -0.2) is 33.8 Å². The molecule has 0 fully saturated rings. The minimum Gasteiger partial charge on any atom is -0.245 e. The van der Waals surface area contributed by atoms with E-state index in [1.54, 1.807) is 25.1 Å². The normalized spacial score (nSPS) is 12.3. The van der Waals surface area contributed by atoms with E-state index in [0.717, 1.165) is 11.8 Å². The molecule has 118 valence electrons. The molecule has 1 aromatic heterocycles. The summed E-state index contributed by atoms with van der Waals surface area (Å²) in [5, 5.41) is 0.0479. The summed E-state index contributed by atoms with van der Waals surface area (Å²) >= 11 is 0. The van der Waals surface area contributed by atoms with Crippen LogP contribution < -0.4 is 0 Å². The molecule has 2 aromatic rings. The first-order valence-corrected chi connectivity index (χ1v) is 10.2. The molecule has 0 aliphatic carbocycles. The molecule has 0 spiro atoms. The zero-order valence-electron chi connectivity index (χ0n) is 12.4. The van der Waals surface area contributed by atoms with Crippen molar-refractivity contribution in [2.24, 2.45) is 0 Å². The summed E-state index contributed by atoms with van der Waals surface area (Å²) < 4.78 is 47.6. The average molecular weight is 339 g/mol. The third-order valence-corrected chi connectivity index (χ3v) is 5.91. The Morgan fingerprint density at radius 2 is 1.77 bits per heavy atom. The zero-order chi connectivity index (χ0) is 16.4. The first-order valence-electron chi connectivity index (χ1n) is 6.63. The van der Waals surface area contributed by atoms with Gasteiger partial charge in [-0.1, -0.05) is 12.1 Å². The van der Waals surface area contributed by atoms with Crippen molar-refractivity contribution in [3.05, 3.63) is 53.7 Å². The minimum absolute atomic E-state index is 0.0479. The lowest BCUT2D eigenvalue weighted by Crippen LogP contribution is -2.11. The molecular formula is C15H17NO4S2. The van der Waals surface area contributed by atoms with Crippen molar-refractivity contribution in [1.82, 2.24) is 4.98 Å². The highest BCUT2D eigenvalue weighted by Gasteiger charge is 2.16. The largest absolute Gasteiger partial charge is 0.245 e. The van der Waals surface area contributed by atoms with Gasteiger partial charge in [0.1, 0.15) is 0 Å². The van der Waals surface area contributed by atoms with Crippen LogP contribution in [0.5, 0.6) is 0 Å². The van der Waals surface area contributed by atoms with Gasteiger partial charge in [-0.15, -0.1) is 0 Å². The molecule has 22 heavy (non-hydrogen) atoms. The molecular weight excluding hydrogens is 322 g/mol. The summed E-state index contributed by atoms with van der Waals surface area (Å²) in [7, 11) is -6.79. The lowest BCUT2D eigenvalue weighted by molar-refractivity contribution is 0.591. The molecule has 0 saturated heterocycles. The summed E-state index contributed by atoms with van der Waals surface area (Å²) in [5.41, 5.74) is 1.49. The second kappa shape index (κ2) is 6.18. The SMILES string of the molecule is Cc1ccnc(S(=O)(=O)CCc2cccc(S(C)(=O)=O)c2)c1. The molecule has 1 heterocycles. The maximum atomic E-state index is 12.3. The van der Waals surface area contributed by atoms with E-state index >= 15 is 0 Å². The Kier molecular flexibility index (Phi) is 4.67. The van der Waals surface area contributed by atoms with Crippen LogP contribution in [0.25, 0.3) is 0 Å². The Labute approximate surface area is 130 Å². The second-order valence-corrected chi connectivity index (χ2v) is 9.23. The summed E-state index contributed by atoms with van der Waals surface area (Å²) in [6.45, 7) is 1.80. The molecule has 2 rings (SSSR count). The van der Waals surface area contributed by atoms with Crippen molar-refractivity contribution in [2.45, 2.75) is 23.3 Å². The third kappa shape index (κ3) is 4.14. The number of aryl methyl sites for hydroxylation is 2. The summed E-state index contributed by atoms with van der Waals surface area (Å²) in [4.78, 5) is 4.09. The van der Waals surface area contributed by atoms with E-state index < -0.39 is 19.7 Å². The zero-order valence-corrected chi connectivity index (χ0v) is 14.0. The Morgan fingerprint density at radius 3 is 2.41 bits per heavy atom. The minimum atomic E-state index is -3.49. The standard InChI is InChI=1S/C15H17NO4S2/c1-12-6-8-16-15(10-12)22(19,20)9-7-13-4-3-5-14(11-13)21(2,17)18/h3-6,8,10-11H,7,9H2,1-2H3. The molecule has 5 nitrogen and oxygen atoms in total. The van der Waals surface area contributed by atoms with Crippen molar-refractivity contribution < 1.29 is 16.8 Å². The molecule has 0 aliphatic heterocycles. The Bertz CT molecular complexity index is 887. The van der Waals surface area contributed by atoms with E-state index in [2.05, 4.69) is 4.98 Å². The van der Waals surface area contributed by atoms with E-state index in [0.29, 0.717) is 5.56 Å². The Balaban J connectivity index is 2.20.